The summed E-state index contributed by atoms with van der Waals surface area (Å²) < 4.78 is 10.3. The Morgan fingerprint density at radius 1 is 1.38 bits per heavy atom. The van der Waals surface area contributed by atoms with E-state index in [-0.39, 0.29) is 6.04 Å². The van der Waals surface area contributed by atoms with Crippen LogP contribution in [-0.4, -0.2) is 30.2 Å². The molecule has 0 spiro atoms. The second kappa shape index (κ2) is 6.07. The Hall–Kier alpha value is -1.62. The van der Waals surface area contributed by atoms with Crippen molar-refractivity contribution in [3.05, 3.63) is 24.5 Å². The highest BCUT2D eigenvalue weighted by Crippen LogP contribution is 2.22. The fourth-order valence-electron chi connectivity index (χ4n) is 1.23. The number of hydrogen-bond donors (Lipinski definition) is 1. The number of aromatic nitrogens is 2. The average molecular weight is 223 g/mol. The van der Waals surface area contributed by atoms with E-state index in [0.29, 0.717) is 18.3 Å². The van der Waals surface area contributed by atoms with Crippen LogP contribution in [0.3, 0.4) is 0 Å². The lowest BCUT2D eigenvalue weighted by Crippen LogP contribution is -2.23. The lowest BCUT2D eigenvalue weighted by atomic mass is 10.2. The highest BCUT2D eigenvalue weighted by molar-refractivity contribution is 5.34. The first-order chi connectivity index (χ1) is 7.72. The number of rotatable bonds is 6. The third-order valence-corrected chi connectivity index (χ3v) is 2.21. The lowest BCUT2D eigenvalue weighted by molar-refractivity contribution is 0.358. The first kappa shape index (κ1) is 12.4. The van der Waals surface area contributed by atoms with Gasteiger partial charge in [0.1, 0.15) is 6.33 Å². The zero-order valence-electron chi connectivity index (χ0n) is 9.86. The van der Waals surface area contributed by atoms with Gasteiger partial charge in [-0.1, -0.05) is 6.08 Å². The van der Waals surface area contributed by atoms with Crippen molar-refractivity contribution in [2.75, 3.05) is 14.2 Å². The van der Waals surface area contributed by atoms with Gasteiger partial charge in [0.05, 0.1) is 19.8 Å². The highest BCUT2D eigenvalue weighted by atomic mass is 16.5. The maximum Gasteiger partial charge on any atom is 0.224 e. The second-order valence-corrected chi connectivity index (χ2v) is 3.28. The van der Waals surface area contributed by atoms with Crippen LogP contribution in [0.2, 0.25) is 0 Å². The molecule has 0 aromatic carbocycles. The van der Waals surface area contributed by atoms with Gasteiger partial charge in [0.15, 0.2) is 0 Å². The molecule has 0 saturated heterocycles. The minimum absolute atomic E-state index is 0.203. The molecule has 0 radical (unpaired) electrons. The molecule has 1 aromatic heterocycles. The Morgan fingerprint density at radius 2 is 1.94 bits per heavy atom. The van der Waals surface area contributed by atoms with Crippen LogP contribution < -0.4 is 14.8 Å². The summed E-state index contributed by atoms with van der Waals surface area (Å²) in [6, 6.07) is 0.203. The Bertz CT molecular complexity index is 333. The normalized spacial score (nSPS) is 11.9. The Labute approximate surface area is 95.5 Å². The van der Waals surface area contributed by atoms with Crippen molar-refractivity contribution in [1.29, 1.82) is 0 Å². The molecule has 0 saturated carbocycles. The smallest absolute Gasteiger partial charge is 0.224 e. The van der Waals surface area contributed by atoms with Crippen LogP contribution >= 0.6 is 0 Å². The maximum atomic E-state index is 5.16. The monoisotopic (exact) mass is 223 g/mol. The lowest BCUT2D eigenvalue weighted by Gasteiger charge is -2.13. The SMILES string of the molecule is C=CC(C)NCc1c(OC)ncnc1OC. The molecule has 1 aromatic rings. The number of methoxy groups -OCH3 is 2. The molecule has 0 aliphatic heterocycles. The van der Waals surface area contributed by atoms with Gasteiger partial charge in [-0.05, 0) is 6.92 Å². The van der Waals surface area contributed by atoms with Crippen molar-refractivity contribution >= 4 is 0 Å². The molecular weight excluding hydrogens is 206 g/mol. The number of nitrogens with one attached hydrogen (secondary N) is 1. The van der Waals surface area contributed by atoms with Gasteiger partial charge in [-0.15, -0.1) is 6.58 Å². The van der Waals surface area contributed by atoms with Crippen LogP contribution in [0.1, 0.15) is 12.5 Å². The summed E-state index contributed by atoms with van der Waals surface area (Å²) >= 11 is 0. The molecule has 0 aliphatic rings. The fraction of sp³-hybridized carbons (Fsp3) is 0.455. The molecule has 0 bridgehead atoms. The molecule has 1 heterocycles. The van der Waals surface area contributed by atoms with E-state index in [4.69, 9.17) is 9.47 Å². The van der Waals surface area contributed by atoms with Gasteiger partial charge in [-0.25, -0.2) is 9.97 Å². The predicted molar refractivity (Wildman–Crippen MR) is 61.6 cm³/mol. The Kier molecular flexibility index (Phi) is 4.72. The third kappa shape index (κ3) is 2.93. The van der Waals surface area contributed by atoms with Crippen molar-refractivity contribution in [1.82, 2.24) is 15.3 Å². The number of hydrogen-bond acceptors (Lipinski definition) is 5. The van der Waals surface area contributed by atoms with E-state index in [1.165, 1.54) is 6.33 Å². The van der Waals surface area contributed by atoms with E-state index in [2.05, 4.69) is 21.9 Å². The number of ether oxygens (including phenoxy) is 2. The molecule has 0 amide bonds. The van der Waals surface area contributed by atoms with Crippen LogP contribution in [0.25, 0.3) is 0 Å². The van der Waals surface area contributed by atoms with Crippen molar-refractivity contribution in [3.8, 4) is 11.8 Å². The first-order valence-corrected chi connectivity index (χ1v) is 5.00. The van der Waals surface area contributed by atoms with E-state index in [1.54, 1.807) is 14.2 Å². The van der Waals surface area contributed by atoms with Crippen LogP contribution in [0.15, 0.2) is 19.0 Å². The Morgan fingerprint density at radius 3 is 2.38 bits per heavy atom. The molecular formula is C11H17N3O2. The summed E-state index contributed by atoms with van der Waals surface area (Å²) in [5, 5.41) is 3.24. The van der Waals surface area contributed by atoms with Crippen molar-refractivity contribution in [3.63, 3.8) is 0 Å². The van der Waals surface area contributed by atoms with E-state index in [0.717, 1.165) is 5.56 Å². The van der Waals surface area contributed by atoms with Gasteiger partial charge in [0.2, 0.25) is 11.8 Å². The minimum Gasteiger partial charge on any atom is -0.481 e. The first-order valence-electron chi connectivity index (χ1n) is 5.00. The molecule has 1 unspecified atom stereocenters. The largest absolute Gasteiger partial charge is 0.481 e. The second-order valence-electron chi connectivity index (χ2n) is 3.28. The van der Waals surface area contributed by atoms with E-state index in [1.807, 2.05) is 13.0 Å². The molecule has 88 valence electrons. The van der Waals surface area contributed by atoms with Crippen LogP contribution in [-0.2, 0) is 6.54 Å². The quantitative estimate of drug-likeness (QED) is 0.733. The highest BCUT2D eigenvalue weighted by Gasteiger charge is 2.12. The van der Waals surface area contributed by atoms with Crippen molar-refractivity contribution in [2.24, 2.45) is 0 Å². The van der Waals surface area contributed by atoms with E-state index < -0.39 is 0 Å². The van der Waals surface area contributed by atoms with Gasteiger partial charge in [-0.2, -0.15) is 0 Å². The standard InChI is InChI=1S/C11H17N3O2/c1-5-8(2)12-6-9-10(15-3)13-7-14-11(9)16-4/h5,7-8,12H,1,6H2,2-4H3. The molecule has 0 fully saturated rings. The van der Waals surface area contributed by atoms with Crippen LogP contribution in [0.4, 0.5) is 0 Å². The molecule has 5 nitrogen and oxygen atoms in total. The molecule has 0 aliphatic carbocycles. The fourth-order valence-corrected chi connectivity index (χ4v) is 1.23. The minimum atomic E-state index is 0.203. The summed E-state index contributed by atoms with van der Waals surface area (Å²) in [5.41, 5.74) is 0.807. The van der Waals surface area contributed by atoms with Gasteiger partial charge in [-0.3, -0.25) is 0 Å². The molecule has 16 heavy (non-hydrogen) atoms. The third-order valence-electron chi connectivity index (χ3n) is 2.21. The average Bonchev–Trinajstić information content (AvgIpc) is 2.35. The van der Waals surface area contributed by atoms with Crippen molar-refractivity contribution < 1.29 is 9.47 Å². The van der Waals surface area contributed by atoms with E-state index in [9.17, 15) is 0 Å². The van der Waals surface area contributed by atoms with Crippen LogP contribution in [0, 0.1) is 0 Å². The van der Waals surface area contributed by atoms with Crippen molar-refractivity contribution in [2.45, 2.75) is 19.5 Å². The zero-order valence-corrected chi connectivity index (χ0v) is 9.86. The van der Waals surface area contributed by atoms with Gasteiger partial charge < -0.3 is 14.8 Å². The van der Waals surface area contributed by atoms with Crippen LogP contribution in [0.5, 0.6) is 11.8 Å². The van der Waals surface area contributed by atoms with Gasteiger partial charge in [0.25, 0.3) is 0 Å². The molecule has 1 atom stereocenters. The van der Waals surface area contributed by atoms with Gasteiger partial charge in [0, 0.05) is 12.6 Å². The summed E-state index contributed by atoms with van der Waals surface area (Å²) in [6.07, 6.45) is 3.24. The zero-order chi connectivity index (χ0) is 12.0. The van der Waals surface area contributed by atoms with E-state index >= 15 is 0 Å². The summed E-state index contributed by atoms with van der Waals surface area (Å²) in [7, 11) is 3.14. The molecule has 1 rings (SSSR count). The molecule has 1 N–H and O–H groups in total. The topological polar surface area (TPSA) is 56.3 Å². The maximum absolute atomic E-state index is 5.16. The summed E-state index contributed by atoms with van der Waals surface area (Å²) in [6.45, 7) is 6.28. The summed E-state index contributed by atoms with van der Waals surface area (Å²) in [4.78, 5) is 8.06. The number of nitrogens with zero attached hydrogens (tertiary/aromatic N) is 2. The molecule has 5 heteroatoms. The summed E-state index contributed by atoms with van der Waals surface area (Å²) in [5.74, 6) is 1.05. The predicted octanol–water partition coefficient (Wildman–Crippen LogP) is 1.16. The van der Waals surface area contributed by atoms with Gasteiger partial charge >= 0.3 is 0 Å². The Balaban J connectivity index is 2.86.